The smallest absolute Gasteiger partial charge is 0.338 e. The molecule has 2 fully saturated rings. The standard InChI is InChI=1S/C33H46N4O6/c1-21(2)19-42-30-26(29(39)35-28-22(3)14-23-15-25(28)17-33(6,41)16-23)18-34-37(30)13-12-32(4,5)36-27(38)20-43-31(40)24-10-8-7-9-11-24/h7-13,18,21-23,25,28,41H,14-17,19-20H2,1-6H3,(H,35,39)(H,36,38)/b13-12+/t22?,23?,25?,28?,33-/m0/s1. The average molecular weight is 595 g/mol. The van der Waals surface area contributed by atoms with Crippen LogP contribution in [0.3, 0.4) is 0 Å². The number of hydrogen-bond donors (Lipinski definition) is 3. The zero-order chi connectivity index (χ0) is 31.4. The molecular weight excluding hydrogens is 548 g/mol. The Morgan fingerprint density at radius 1 is 1.19 bits per heavy atom. The number of nitrogens with one attached hydrogen (secondary N) is 2. The molecule has 1 aromatic heterocycles. The number of hydrogen-bond acceptors (Lipinski definition) is 7. The maximum atomic E-state index is 13.6. The van der Waals surface area contributed by atoms with Crippen molar-refractivity contribution in [2.24, 2.45) is 23.7 Å². The molecule has 2 aromatic rings. The third-order valence-corrected chi connectivity index (χ3v) is 8.18. The Morgan fingerprint density at radius 2 is 1.91 bits per heavy atom. The van der Waals surface area contributed by atoms with Crippen molar-refractivity contribution in [3.63, 3.8) is 0 Å². The van der Waals surface area contributed by atoms with Gasteiger partial charge in [-0.1, -0.05) is 39.0 Å². The molecule has 2 bridgehead atoms. The molecule has 3 N–H and O–H groups in total. The predicted molar refractivity (Wildman–Crippen MR) is 163 cm³/mol. The Kier molecular flexibility index (Phi) is 10.00. The van der Waals surface area contributed by atoms with E-state index in [1.807, 2.05) is 20.8 Å². The van der Waals surface area contributed by atoms with Gasteiger partial charge in [-0.25, -0.2) is 9.48 Å². The Balaban J connectivity index is 1.43. The number of aliphatic hydroxyl groups is 1. The summed E-state index contributed by atoms with van der Waals surface area (Å²) in [6.07, 6.45) is 8.35. The van der Waals surface area contributed by atoms with Crippen molar-refractivity contribution in [3.05, 3.63) is 53.7 Å². The number of rotatable bonds is 11. The van der Waals surface area contributed by atoms with Gasteiger partial charge in [0.2, 0.25) is 5.88 Å². The zero-order valence-corrected chi connectivity index (χ0v) is 26.1. The molecule has 0 aliphatic heterocycles. The Bertz CT molecular complexity index is 1310. The van der Waals surface area contributed by atoms with Crippen LogP contribution in [-0.4, -0.2) is 63.1 Å². The van der Waals surface area contributed by atoms with Gasteiger partial charge in [-0.2, -0.15) is 5.10 Å². The van der Waals surface area contributed by atoms with Gasteiger partial charge in [0.15, 0.2) is 6.61 Å². The van der Waals surface area contributed by atoms with Crippen molar-refractivity contribution in [3.8, 4) is 5.88 Å². The molecule has 43 heavy (non-hydrogen) atoms. The maximum Gasteiger partial charge on any atom is 0.338 e. The van der Waals surface area contributed by atoms with Crippen molar-refractivity contribution in [1.82, 2.24) is 20.4 Å². The second-order valence-electron chi connectivity index (χ2n) is 13.5. The van der Waals surface area contributed by atoms with Crippen molar-refractivity contribution >= 4 is 24.0 Å². The van der Waals surface area contributed by atoms with Crippen molar-refractivity contribution < 1.29 is 29.0 Å². The monoisotopic (exact) mass is 594 g/mol. The zero-order valence-electron chi connectivity index (χ0n) is 26.1. The molecule has 2 saturated carbocycles. The first-order valence-electron chi connectivity index (χ1n) is 15.2. The third-order valence-electron chi connectivity index (χ3n) is 8.18. The Morgan fingerprint density at radius 3 is 2.60 bits per heavy atom. The van der Waals surface area contributed by atoms with E-state index in [1.54, 1.807) is 56.5 Å². The summed E-state index contributed by atoms with van der Waals surface area (Å²) in [5.41, 5.74) is -0.832. The molecule has 10 heteroatoms. The van der Waals surface area contributed by atoms with E-state index >= 15 is 0 Å². The molecule has 1 aromatic carbocycles. The Labute approximate surface area is 254 Å². The van der Waals surface area contributed by atoms with Gasteiger partial charge >= 0.3 is 5.97 Å². The summed E-state index contributed by atoms with van der Waals surface area (Å²) in [5, 5.41) is 21.3. The van der Waals surface area contributed by atoms with E-state index in [0.29, 0.717) is 41.9 Å². The maximum absolute atomic E-state index is 13.6. The minimum Gasteiger partial charge on any atom is -0.477 e. The molecule has 0 saturated heterocycles. The first kappa shape index (κ1) is 32.3. The number of carbonyl (C=O) groups excluding carboxylic acids is 3. The highest BCUT2D eigenvalue weighted by molar-refractivity contribution is 5.96. The first-order valence-corrected chi connectivity index (χ1v) is 15.2. The summed E-state index contributed by atoms with van der Waals surface area (Å²) < 4.78 is 12.7. The van der Waals surface area contributed by atoms with Gasteiger partial charge in [0.05, 0.1) is 29.5 Å². The molecule has 4 rings (SSSR count). The summed E-state index contributed by atoms with van der Waals surface area (Å²) in [4.78, 5) is 38.3. The molecule has 2 aliphatic carbocycles. The van der Waals surface area contributed by atoms with Gasteiger partial charge in [-0.05, 0) is 88.3 Å². The van der Waals surface area contributed by atoms with E-state index in [2.05, 4.69) is 22.7 Å². The van der Waals surface area contributed by atoms with Gasteiger partial charge in [0.1, 0.15) is 5.56 Å². The van der Waals surface area contributed by atoms with Crippen LogP contribution >= 0.6 is 0 Å². The SMILES string of the molecule is CC(C)COc1c(C(=O)NC2C(C)CC3CC2C[C@@](C)(O)C3)cnn1/C=C/C(C)(C)NC(=O)COC(=O)c1ccccc1. The normalized spacial score (nSPS) is 25.4. The van der Waals surface area contributed by atoms with Crippen molar-refractivity contribution in [1.29, 1.82) is 0 Å². The van der Waals surface area contributed by atoms with Crippen LogP contribution in [0.5, 0.6) is 5.88 Å². The van der Waals surface area contributed by atoms with Crippen LogP contribution in [0.15, 0.2) is 42.6 Å². The van der Waals surface area contributed by atoms with Crippen LogP contribution < -0.4 is 15.4 Å². The number of aromatic nitrogens is 2. The fourth-order valence-corrected chi connectivity index (χ4v) is 6.43. The number of esters is 1. The number of ether oxygens (including phenoxy) is 2. The number of amides is 2. The molecule has 234 valence electrons. The van der Waals surface area contributed by atoms with Crippen LogP contribution in [-0.2, 0) is 9.53 Å². The van der Waals surface area contributed by atoms with Gasteiger partial charge in [-0.3, -0.25) is 9.59 Å². The molecule has 2 amide bonds. The first-order chi connectivity index (χ1) is 20.2. The highest BCUT2D eigenvalue weighted by Gasteiger charge is 2.45. The summed E-state index contributed by atoms with van der Waals surface area (Å²) in [7, 11) is 0. The van der Waals surface area contributed by atoms with E-state index in [-0.39, 0.29) is 23.8 Å². The van der Waals surface area contributed by atoms with Crippen molar-refractivity contribution in [2.75, 3.05) is 13.2 Å². The van der Waals surface area contributed by atoms with Crippen LogP contribution in [0.25, 0.3) is 6.20 Å². The number of nitrogens with zero attached hydrogens (tertiary/aromatic N) is 2. The van der Waals surface area contributed by atoms with Crippen LogP contribution in [0.2, 0.25) is 0 Å². The van der Waals surface area contributed by atoms with E-state index in [0.717, 1.165) is 19.3 Å². The van der Waals surface area contributed by atoms with Crippen LogP contribution in [0.4, 0.5) is 0 Å². The third kappa shape index (κ3) is 8.69. The van der Waals surface area contributed by atoms with Gasteiger partial charge < -0.3 is 25.2 Å². The van der Waals surface area contributed by atoms with Crippen molar-refractivity contribution in [2.45, 2.75) is 84.4 Å². The molecule has 0 radical (unpaired) electrons. The highest BCUT2D eigenvalue weighted by Crippen LogP contribution is 2.46. The number of carbonyl (C=O) groups is 3. The molecule has 1 heterocycles. The van der Waals surface area contributed by atoms with E-state index in [9.17, 15) is 19.5 Å². The summed E-state index contributed by atoms with van der Waals surface area (Å²) in [6.45, 7) is 11.7. The Hall–Kier alpha value is -3.66. The fourth-order valence-electron chi connectivity index (χ4n) is 6.43. The predicted octanol–water partition coefficient (Wildman–Crippen LogP) is 4.45. The average Bonchev–Trinajstić information content (AvgIpc) is 3.34. The lowest BCUT2D eigenvalue weighted by molar-refractivity contribution is -0.125. The van der Waals surface area contributed by atoms with Gasteiger partial charge in [0, 0.05) is 12.2 Å². The topological polar surface area (TPSA) is 132 Å². The molecule has 0 spiro atoms. The van der Waals surface area contributed by atoms with Crippen LogP contribution in [0.1, 0.15) is 87.9 Å². The lowest BCUT2D eigenvalue weighted by atomic mass is 9.61. The highest BCUT2D eigenvalue weighted by atomic mass is 16.5. The molecule has 10 nitrogen and oxygen atoms in total. The quantitative estimate of drug-likeness (QED) is 0.328. The molecular formula is C33H46N4O6. The minimum atomic E-state index is -0.827. The molecule has 4 unspecified atom stereocenters. The second kappa shape index (κ2) is 13.3. The minimum absolute atomic E-state index is 0.0440. The summed E-state index contributed by atoms with van der Waals surface area (Å²) >= 11 is 0. The fraction of sp³-hybridized carbons (Fsp3) is 0.576. The number of benzene rings is 1. The van der Waals surface area contributed by atoms with E-state index in [1.165, 1.54) is 10.9 Å². The number of fused-ring (bicyclic) bond motifs is 2. The second-order valence-corrected chi connectivity index (χ2v) is 13.5. The van der Waals surface area contributed by atoms with E-state index < -0.39 is 29.6 Å². The lowest BCUT2D eigenvalue weighted by Gasteiger charge is -2.49. The largest absolute Gasteiger partial charge is 0.477 e. The van der Waals surface area contributed by atoms with Crippen LogP contribution in [0, 0.1) is 23.7 Å². The molecule has 5 atom stereocenters. The lowest BCUT2D eigenvalue weighted by Crippen LogP contribution is -2.53. The summed E-state index contributed by atoms with van der Waals surface area (Å²) in [6, 6.07) is 8.44. The van der Waals surface area contributed by atoms with Gasteiger partial charge in [0.25, 0.3) is 11.8 Å². The molecule has 2 aliphatic rings. The summed E-state index contributed by atoms with van der Waals surface area (Å²) in [5.74, 6) is 0.246. The van der Waals surface area contributed by atoms with Gasteiger partial charge in [-0.15, -0.1) is 0 Å². The van der Waals surface area contributed by atoms with E-state index in [4.69, 9.17) is 9.47 Å².